The first-order valence-electron chi connectivity index (χ1n) is 15.6. The van der Waals surface area contributed by atoms with Crippen LogP contribution >= 0.6 is 0 Å². The molecule has 0 aliphatic heterocycles. The SMILES string of the molecule is CC.COCOc1ccc(-c2ccc3c(OC)n[nH]c3c2)cc1OC.COCOc1ccc(-c2ccc3c(OC)nn(C)c3c2)cc1OC. The molecular formula is C37H44N4O8. The van der Waals surface area contributed by atoms with E-state index in [9.17, 15) is 0 Å². The Morgan fingerprint density at radius 2 is 1.04 bits per heavy atom. The highest BCUT2D eigenvalue weighted by molar-refractivity contribution is 5.89. The average Bonchev–Trinajstić information content (AvgIpc) is 3.73. The molecule has 0 fully saturated rings. The lowest BCUT2D eigenvalue weighted by Crippen LogP contribution is -2.00. The molecule has 0 saturated carbocycles. The fourth-order valence-electron chi connectivity index (χ4n) is 5.06. The normalized spacial score (nSPS) is 10.5. The van der Waals surface area contributed by atoms with Gasteiger partial charge in [0.25, 0.3) is 0 Å². The number of aromatic nitrogens is 4. The van der Waals surface area contributed by atoms with E-state index in [1.807, 2.05) is 92.3 Å². The number of H-pyrrole nitrogens is 1. The van der Waals surface area contributed by atoms with Crippen LogP contribution in [0.1, 0.15) is 13.8 Å². The molecular weight excluding hydrogens is 628 g/mol. The van der Waals surface area contributed by atoms with E-state index in [-0.39, 0.29) is 13.6 Å². The Bertz CT molecular complexity index is 1950. The number of benzene rings is 4. The third-order valence-corrected chi connectivity index (χ3v) is 7.39. The van der Waals surface area contributed by atoms with Crippen LogP contribution in [0.25, 0.3) is 44.1 Å². The molecule has 0 radical (unpaired) electrons. The average molecular weight is 673 g/mol. The molecule has 0 atom stereocenters. The van der Waals surface area contributed by atoms with E-state index in [1.165, 1.54) is 0 Å². The van der Waals surface area contributed by atoms with Crippen molar-refractivity contribution in [1.82, 2.24) is 20.0 Å². The molecule has 260 valence electrons. The maximum absolute atomic E-state index is 5.50. The number of ether oxygens (including phenoxy) is 8. The molecule has 2 aromatic heterocycles. The van der Waals surface area contributed by atoms with Crippen LogP contribution in [0.3, 0.4) is 0 Å². The van der Waals surface area contributed by atoms with Crippen LogP contribution in [0.4, 0.5) is 0 Å². The van der Waals surface area contributed by atoms with Crippen LogP contribution in [0.15, 0.2) is 72.8 Å². The molecule has 6 aromatic rings. The summed E-state index contributed by atoms with van der Waals surface area (Å²) in [6, 6.07) is 23.7. The van der Waals surface area contributed by atoms with Crippen LogP contribution < -0.4 is 28.4 Å². The minimum Gasteiger partial charge on any atom is -0.493 e. The lowest BCUT2D eigenvalue weighted by Gasteiger charge is -2.12. The maximum Gasteiger partial charge on any atom is 0.240 e. The molecule has 12 heteroatoms. The third-order valence-electron chi connectivity index (χ3n) is 7.39. The van der Waals surface area contributed by atoms with Crippen molar-refractivity contribution in [3.8, 4) is 57.0 Å². The van der Waals surface area contributed by atoms with Gasteiger partial charge < -0.3 is 37.9 Å². The minimum absolute atomic E-state index is 0.176. The van der Waals surface area contributed by atoms with Gasteiger partial charge >= 0.3 is 0 Å². The van der Waals surface area contributed by atoms with E-state index in [2.05, 4.69) is 21.4 Å². The van der Waals surface area contributed by atoms with Gasteiger partial charge in [-0.2, -0.15) is 0 Å². The number of hydrogen-bond donors (Lipinski definition) is 1. The van der Waals surface area contributed by atoms with E-state index in [0.29, 0.717) is 34.8 Å². The van der Waals surface area contributed by atoms with Gasteiger partial charge in [-0.25, -0.2) is 0 Å². The van der Waals surface area contributed by atoms with Gasteiger partial charge in [0.05, 0.1) is 50.2 Å². The number of nitrogens with zero attached hydrogens (tertiary/aromatic N) is 3. The van der Waals surface area contributed by atoms with Crippen molar-refractivity contribution in [2.24, 2.45) is 7.05 Å². The first-order chi connectivity index (χ1) is 23.9. The monoisotopic (exact) mass is 672 g/mol. The molecule has 0 unspecified atom stereocenters. The van der Waals surface area contributed by atoms with Crippen molar-refractivity contribution in [3.05, 3.63) is 72.8 Å². The summed E-state index contributed by atoms with van der Waals surface area (Å²) in [5.74, 6) is 3.82. The summed E-state index contributed by atoms with van der Waals surface area (Å²) in [7, 11) is 11.5. The molecule has 1 N–H and O–H groups in total. The van der Waals surface area contributed by atoms with E-state index in [4.69, 9.17) is 37.9 Å². The van der Waals surface area contributed by atoms with Crippen LogP contribution in [0.2, 0.25) is 0 Å². The zero-order chi connectivity index (χ0) is 35.3. The highest BCUT2D eigenvalue weighted by atomic mass is 16.7. The first-order valence-corrected chi connectivity index (χ1v) is 15.6. The predicted octanol–water partition coefficient (Wildman–Crippen LogP) is 7.50. The summed E-state index contributed by atoms with van der Waals surface area (Å²) in [6.45, 7) is 4.35. The Kier molecular flexibility index (Phi) is 13.1. The second-order valence-corrected chi connectivity index (χ2v) is 10.2. The summed E-state index contributed by atoms with van der Waals surface area (Å²) in [5.41, 5.74) is 6.06. The predicted molar refractivity (Wildman–Crippen MR) is 190 cm³/mol. The van der Waals surface area contributed by atoms with Crippen LogP contribution in [-0.2, 0) is 16.5 Å². The van der Waals surface area contributed by atoms with Crippen molar-refractivity contribution in [2.45, 2.75) is 13.8 Å². The molecule has 2 heterocycles. The third kappa shape index (κ3) is 8.34. The van der Waals surface area contributed by atoms with Crippen molar-refractivity contribution in [3.63, 3.8) is 0 Å². The second kappa shape index (κ2) is 17.6. The Hall–Kier alpha value is -5.46. The van der Waals surface area contributed by atoms with Crippen LogP contribution in [0.5, 0.6) is 34.8 Å². The number of nitrogens with one attached hydrogen (secondary N) is 1. The second-order valence-electron chi connectivity index (χ2n) is 10.2. The fraction of sp³-hybridized carbons (Fsp3) is 0.297. The molecule has 0 saturated heterocycles. The molecule has 6 rings (SSSR count). The lowest BCUT2D eigenvalue weighted by molar-refractivity contribution is 0.0490. The molecule has 49 heavy (non-hydrogen) atoms. The summed E-state index contributed by atoms with van der Waals surface area (Å²) in [6.07, 6.45) is 0. The molecule has 0 aliphatic carbocycles. The number of aromatic amines is 1. The topological polar surface area (TPSA) is 120 Å². The summed E-state index contributed by atoms with van der Waals surface area (Å²) in [5, 5.41) is 13.4. The van der Waals surface area contributed by atoms with Gasteiger partial charge in [0.15, 0.2) is 36.6 Å². The Morgan fingerprint density at radius 3 is 1.55 bits per heavy atom. The van der Waals surface area contributed by atoms with E-state index < -0.39 is 0 Å². The standard InChI is InChI=1S/C18H20N2O4.C17H18N2O4.C2H6/c1-20-15-9-12(5-7-14(15)18(19-20)23-4)13-6-8-16(24-11-21-2)17(10-13)22-3;1-20-10-23-15-7-5-12(9-16(15)21-2)11-4-6-13-14(8-11)18-19-17(13)22-3;1-2/h5-10H,11H2,1-4H3;4-9H,10H2,1-3H3,(H,18,19);1-2H3. The highest BCUT2D eigenvalue weighted by Crippen LogP contribution is 2.36. The molecule has 0 bridgehead atoms. The number of aryl methyl sites for hydroxylation is 1. The molecule has 0 amide bonds. The van der Waals surface area contributed by atoms with Gasteiger partial charge in [0.2, 0.25) is 11.8 Å². The quantitative estimate of drug-likeness (QED) is 0.131. The molecule has 0 spiro atoms. The van der Waals surface area contributed by atoms with Crippen molar-refractivity contribution >= 4 is 21.8 Å². The molecule has 12 nitrogen and oxygen atoms in total. The van der Waals surface area contributed by atoms with Crippen LogP contribution in [-0.4, -0.2) is 76.2 Å². The minimum atomic E-state index is 0.176. The van der Waals surface area contributed by atoms with Gasteiger partial charge in [-0.3, -0.25) is 9.78 Å². The summed E-state index contributed by atoms with van der Waals surface area (Å²) in [4.78, 5) is 0. The van der Waals surface area contributed by atoms with Gasteiger partial charge in [0.1, 0.15) is 0 Å². The molecule has 4 aromatic carbocycles. The van der Waals surface area contributed by atoms with Gasteiger partial charge in [0, 0.05) is 21.3 Å². The Balaban J connectivity index is 0.000000210. The Labute approximate surface area is 286 Å². The van der Waals surface area contributed by atoms with E-state index in [0.717, 1.165) is 44.1 Å². The zero-order valence-corrected chi connectivity index (χ0v) is 29.5. The summed E-state index contributed by atoms with van der Waals surface area (Å²) < 4.78 is 44.0. The van der Waals surface area contributed by atoms with Crippen molar-refractivity contribution < 1.29 is 37.9 Å². The van der Waals surface area contributed by atoms with Crippen molar-refractivity contribution in [1.29, 1.82) is 0 Å². The number of rotatable bonds is 12. The van der Waals surface area contributed by atoms with E-state index >= 15 is 0 Å². The van der Waals surface area contributed by atoms with Gasteiger partial charge in [-0.05, 0) is 70.8 Å². The number of fused-ring (bicyclic) bond motifs is 2. The van der Waals surface area contributed by atoms with Crippen molar-refractivity contribution in [2.75, 3.05) is 56.2 Å². The molecule has 0 aliphatic rings. The lowest BCUT2D eigenvalue weighted by atomic mass is 10.0. The number of methoxy groups -OCH3 is 6. The maximum atomic E-state index is 5.50. The smallest absolute Gasteiger partial charge is 0.240 e. The van der Waals surface area contributed by atoms with Crippen LogP contribution in [0, 0.1) is 0 Å². The largest absolute Gasteiger partial charge is 0.493 e. The zero-order valence-electron chi connectivity index (χ0n) is 29.5. The first kappa shape index (κ1) is 36.4. The van der Waals surface area contributed by atoms with Gasteiger partial charge in [-0.1, -0.05) is 38.1 Å². The number of hydrogen-bond acceptors (Lipinski definition) is 10. The highest BCUT2D eigenvalue weighted by Gasteiger charge is 2.13. The summed E-state index contributed by atoms with van der Waals surface area (Å²) >= 11 is 0. The van der Waals surface area contributed by atoms with E-state index in [1.54, 1.807) is 42.7 Å². The fourth-order valence-corrected chi connectivity index (χ4v) is 5.06. The van der Waals surface area contributed by atoms with Gasteiger partial charge in [-0.15, -0.1) is 10.2 Å². The Morgan fingerprint density at radius 1 is 0.551 bits per heavy atom.